The first-order valence-electron chi connectivity index (χ1n) is 14.8. The maximum atomic E-state index is 12.5. The number of carbonyl (C=O) groups is 1. The van der Waals surface area contributed by atoms with Gasteiger partial charge in [-0.3, -0.25) is 4.79 Å². The number of phenols is 1. The summed E-state index contributed by atoms with van der Waals surface area (Å²) in [6.45, 7) is 7.45. The topological polar surface area (TPSA) is 111 Å². The second-order valence-corrected chi connectivity index (χ2v) is 10.6. The third-order valence-corrected chi connectivity index (χ3v) is 7.45. The van der Waals surface area contributed by atoms with Crippen LogP contribution in [0.25, 0.3) is 0 Å². The monoisotopic (exact) mass is 587 g/mol. The van der Waals surface area contributed by atoms with Crippen molar-refractivity contribution < 1.29 is 33.6 Å². The van der Waals surface area contributed by atoms with Crippen LogP contribution in [-0.4, -0.2) is 102 Å². The fourth-order valence-electron chi connectivity index (χ4n) is 4.87. The van der Waals surface area contributed by atoms with Gasteiger partial charge in [-0.1, -0.05) is 30.3 Å². The average Bonchev–Trinajstić information content (AvgIpc) is 3.01. The highest BCUT2D eigenvalue weighted by Crippen LogP contribution is 2.32. The van der Waals surface area contributed by atoms with Crippen LogP contribution in [-0.2, 0) is 41.7 Å². The molecule has 0 radical (unpaired) electrons. The smallest absolute Gasteiger partial charge is 0.248 e. The van der Waals surface area contributed by atoms with Crippen LogP contribution in [0, 0.1) is 0 Å². The van der Waals surface area contributed by atoms with E-state index in [2.05, 4.69) is 34.9 Å². The summed E-state index contributed by atoms with van der Waals surface area (Å²) in [5.41, 5.74) is 3.81. The molecule has 42 heavy (non-hydrogen) atoms. The molecule has 234 valence electrons. The zero-order chi connectivity index (χ0) is 30.2. The molecule has 1 heterocycles. The molecule has 1 saturated heterocycles. The molecule has 10 nitrogen and oxygen atoms in total. The summed E-state index contributed by atoms with van der Waals surface area (Å²) in [6, 6.07) is 13.9. The van der Waals surface area contributed by atoms with Gasteiger partial charge in [-0.05, 0) is 48.6 Å². The number of methoxy groups -OCH3 is 2. The maximum absolute atomic E-state index is 12.5. The Labute approximate surface area is 250 Å². The average molecular weight is 588 g/mol. The highest BCUT2D eigenvalue weighted by Gasteiger charge is 2.36. The number of rotatable bonds is 19. The first-order valence-corrected chi connectivity index (χ1v) is 14.8. The molecule has 2 aromatic carbocycles. The van der Waals surface area contributed by atoms with Crippen LogP contribution in [0.2, 0.25) is 0 Å². The number of phenolic OH excluding ortho intramolecular Hbond substituents is 1. The van der Waals surface area contributed by atoms with Crippen molar-refractivity contribution in [3.8, 4) is 5.75 Å². The molecular weight excluding hydrogens is 538 g/mol. The summed E-state index contributed by atoms with van der Waals surface area (Å²) in [4.78, 5) is 14.2. The highest BCUT2D eigenvalue weighted by molar-refractivity contribution is 5.77. The number of hydrogen-bond donors (Lipinski definition) is 3. The number of aromatic hydroxyl groups is 1. The molecule has 1 unspecified atom stereocenters. The summed E-state index contributed by atoms with van der Waals surface area (Å²) in [7, 11) is 5.15. The van der Waals surface area contributed by atoms with E-state index in [9.17, 15) is 9.90 Å². The molecule has 0 saturated carbocycles. The third kappa shape index (κ3) is 10.8. The Morgan fingerprint density at radius 1 is 0.952 bits per heavy atom. The van der Waals surface area contributed by atoms with Crippen molar-refractivity contribution in [2.45, 2.75) is 51.1 Å². The first kappa shape index (κ1) is 33.8. The Balaban J connectivity index is 1.71. The van der Waals surface area contributed by atoms with Gasteiger partial charge < -0.3 is 44.3 Å². The van der Waals surface area contributed by atoms with Crippen LogP contribution >= 0.6 is 0 Å². The van der Waals surface area contributed by atoms with Crippen molar-refractivity contribution in [3.63, 3.8) is 0 Å². The molecule has 0 aliphatic carbocycles. The lowest BCUT2D eigenvalue weighted by Gasteiger charge is -2.39. The number of benzene rings is 2. The zero-order valence-corrected chi connectivity index (χ0v) is 25.6. The fourth-order valence-corrected chi connectivity index (χ4v) is 4.87. The molecule has 1 amide bonds. The second kappa shape index (κ2) is 18.7. The van der Waals surface area contributed by atoms with Crippen molar-refractivity contribution in [1.29, 1.82) is 0 Å². The molecule has 3 N–H and O–H groups in total. The molecule has 10 heteroatoms. The van der Waals surface area contributed by atoms with Gasteiger partial charge >= 0.3 is 0 Å². The largest absolute Gasteiger partial charge is 0.506 e. The van der Waals surface area contributed by atoms with Gasteiger partial charge in [0.2, 0.25) is 5.91 Å². The molecule has 0 bridgehead atoms. The number of hydrogen-bond acceptors (Lipinski definition) is 9. The summed E-state index contributed by atoms with van der Waals surface area (Å²) >= 11 is 0. The number of nitrogens with one attached hydrogen (secondary N) is 2. The van der Waals surface area contributed by atoms with Crippen LogP contribution in [0.1, 0.15) is 42.4 Å². The van der Waals surface area contributed by atoms with Crippen LogP contribution in [0.15, 0.2) is 42.5 Å². The van der Waals surface area contributed by atoms with Crippen molar-refractivity contribution in [1.82, 2.24) is 10.2 Å². The van der Waals surface area contributed by atoms with E-state index in [1.165, 1.54) is 0 Å². The van der Waals surface area contributed by atoms with Gasteiger partial charge in [0, 0.05) is 73.2 Å². The molecule has 0 spiro atoms. The molecule has 2 aromatic rings. The van der Waals surface area contributed by atoms with E-state index in [-0.39, 0.29) is 36.4 Å². The van der Waals surface area contributed by atoms with E-state index >= 15 is 0 Å². The zero-order valence-electron chi connectivity index (χ0n) is 25.6. The lowest BCUT2D eigenvalue weighted by atomic mass is 9.85. The molecule has 1 aliphatic heterocycles. The molecular formula is C32H49N3O7. The Bertz CT molecular complexity index is 1050. The highest BCUT2D eigenvalue weighted by atomic mass is 16.5. The van der Waals surface area contributed by atoms with E-state index in [1.807, 2.05) is 19.1 Å². The number of likely N-dealkylation sites (N-methyl/N-ethyl adjacent to an activating group) is 1. The number of piperidine rings is 1. The Kier molecular flexibility index (Phi) is 15.1. The number of nitrogens with zero attached hydrogens (tertiary/aromatic N) is 1. The van der Waals surface area contributed by atoms with Gasteiger partial charge in [-0.25, -0.2) is 0 Å². The molecule has 0 aromatic heterocycles. The Hall–Kier alpha value is -2.73. The van der Waals surface area contributed by atoms with Crippen LogP contribution in [0.4, 0.5) is 5.69 Å². The van der Waals surface area contributed by atoms with Gasteiger partial charge in [-0.15, -0.1) is 0 Å². The Morgan fingerprint density at radius 2 is 1.64 bits per heavy atom. The minimum atomic E-state index is -0.244. The lowest BCUT2D eigenvalue weighted by Crippen LogP contribution is -2.51. The standard InChI is InChI=1S/C32H49N3O7/c1-5-35(2)31(37)23-42-30-20-33-19-29(32(30)26-11-8-24(9-12-26)21-40-17-7-16-39-4)41-22-25-10-13-28(36)27(18-25)34-14-6-15-38-3/h8-13,18,29-30,32-34,36H,5-7,14-17,19-23H2,1-4H3/t29-,30+,32?/m0/s1. The van der Waals surface area contributed by atoms with Gasteiger partial charge in [-0.2, -0.15) is 0 Å². The van der Waals surface area contributed by atoms with Crippen LogP contribution < -0.4 is 10.6 Å². The number of carbonyl (C=O) groups excluding carboxylic acids is 1. The summed E-state index contributed by atoms with van der Waals surface area (Å²) < 4.78 is 28.7. The Morgan fingerprint density at radius 3 is 2.36 bits per heavy atom. The van der Waals surface area contributed by atoms with Gasteiger partial charge in [0.05, 0.1) is 31.1 Å². The van der Waals surface area contributed by atoms with Gasteiger partial charge in [0.15, 0.2) is 0 Å². The molecule has 1 fully saturated rings. The van der Waals surface area contributed by atoms with E-state index < -0.39 is 0 Å². The number of anilines is 1. The number of amides is 1. The predicted octanol–water partition coefficient (Wildman–Crippen LogP) is 3.53. The predicted molar refractivity (Wildman–Crippen MR) is 163 cm³/mol. The van der Waals surface area contributed by atoms with Crippen LogP contribution in [0.3, 0.4) is 0 Å². The lowest BCUT2D eigenvalue weighted by molar-refractivity contribution is -0.139. The second-order valence-electron chi connectivity index (χ2n) is 10.6. The van der Waals surface area contributed by atoms with Crippen LogP contribution in [0.5, 0.6) is 5.75 Å². The fraction of sp³-hybridized carbons (Fsp3) is 0.594. The minimum Gasteiger partial charge on any atom is -0.506 e. The summed E-state index contributed by atoms with van der Waals surface area (Å²) in [6.07, 6.45) is 1.26. The quantitative estimate of drug-likeness (QED) is 0.168. The summed E-state index contributed by atoms with van der Waals surface area (Å²) in [5, 5.41) is 17.0. The van der Waals surface area contributed by atoms with Crippen molar-refractivity contribution >= 4 is 11.6 Å². The first-order chi connectivity index (χ1) is 20.5. The van der Waals surface area contributed by atoms with Gasteiger partial charge in [0.1, 0.15) is 12.4 Å². The van der Waals surface area contributed by atoms with Crippen molar-refractivity contribution in [2.75, 3.05) is 79.2 Å². The van der Waals surface area contributed by atoms with Crippen molar-refractivity contribution in [3.05, 3.63) is 59.2 Å². The molecule has 1 aliphatic rings. The van der Waals surface area contributed by atoms with Gasteiger partial charge in [0.25, 0.3) is 0 Å². The minimum absolute atomic E-state index is 0.0172. The molecule has 3 atom stereocenters. The SMILES string of the molecule is CCN(C)C(=O)CO[C@@H]1CNC[C@H](OCc2ccc(O)c(NCCCOC)c2)C1c1ccc(COCCCOC)cc1. The van der Waals surface area contributed by atoms with E-state index in [0.29, 0.717) is 64.9 Å². The van der Waals surface area contributed by atoms with E-state index in [4.69, 9.17) is 23.7 Å². The maximum Gasteiger partial charge on any atom is 0.248 e. The number of ether oxygens (including phenoxy) is 5. The third-order valence-electron chi connectivity index (χ3n) is 7.45. The van der Waals surface area contributed by atoms with E-state index in [0.717, 1.165) is 29.5 Å². The molecule has 3 rings (SSSR count). The van der Waals surface area contributed by atoms with E-state index in [1.54, 1.807) is 32.2 Å². The van der Waals surface area contributed by atoms with Crippen molar-refractivity contribution in [2.24, 2.45) is 0 Å². The summed E-state index contributed by atoms with van der Waals surface area (Å²) in [5.74, 6) is 0.0765. The normalized spacial score (nSPS) is 18.6.